The highest BCUT2D eigenvalue weighted by atomic mass is 28.2. The predicted molar refractivity (Wildman–Crippen MR) is 50.2 cm³/mol. The molecule has 1 rings (SSSR count). The molecule has 0 radical (unpaired) electrons. The highest BCUT2D eigenvalue weighted by Crippen LogP contribution is 1.84. The first-order valence-electron chi connectivity index (χ1n) is 3.75. The number of aromatic amines is 1. The van der Waals surface area contributed by atoms with E-state index in [-0.39, 0.29) is 0 Å². The van der Waals surface area contributed by atoms with Gasteiger partial charge in [0, 0.05) is 6.20 Å². The normalized spacial score (nSPS) is 10.8. The van der Waals surface area contributed by atoms with Gasteiger partial charge in [-0.3, -0.25) is 9.78 Å². The topological polar surface area (TPSA) is 54.9 Å². The van der Waals surface area contributed by atoms with Crippen LogP contribution >= 0.6 is 0 Å². The molecule has 1 aromatic heterocycles. The third-order valence-electron chi connectivity index (χ3n) is 1.54. The molecule has 0 aliphatic carbocycles. The Morgan fingerprint density at radius 2 is 2.38 bits per heavy atom. The largest absolute Gasteiger partial charge is 0.331 e. The minimum absolute atomic E-state index is 0.542. The van der Waals surface area contributed by atoms with Crippen LogP contribution in [0, 0.1) is 5.82 Å². The van der Waals surface area contributed by atoms with Crippen molar-refractivity contribution in [3.8, 4) is 0 Å². The predicted octanol–water partition coefficient (Wildman–Crippen LogP) is -0.788. The second-order valence-corrected chi connectivity index (χ2v) is 4.21. The first kappa shape index (κ1) is 9.65. The molecule has 0 bridgehead atoms. The van der Waals surface area contributed by atoms with E-state index in [1.165, 1.54) is 4.23 Å². The van der Waals surface area contributed by atoms with Crippen LogP contribution in [-0.4, -0.2) is 18.9 Å². The van der Waals surface area contributed by atoms with Crippen LogP contribution in [-0.2, 0) is 0 Å². The van der Waals surface area contributed by atoms with Gasteiger partial charge in [0.25, 0.3) is 5.56 Å². The van der Waals surface area contributed by atoms with Crippen LogP contribution in [0.5, 0.6) is 0 Å². The summed E-state index contributed by atoms with van der Waals surface area (Å²) in [5.74, 6) is -0.920. The van der Waals surface area contributed by atoms with Crippen LogP contribution in [0.2, 0.25) is 6.04 Å². The van der Waals surface area contributed by atoms with E-state index in [1.807, 2.05) is 4.98 Å². The van der Waals surface area contributed by atoms with E-state index < -0.39 is 26.7 Å². The molecule has 0 spiro atoms. The molecular weight excluding hydrogens is 191 g/mol. The summed E-state index contributed by atoms with van der Waals surface area (Å²) in [4.78, 5) is 23.5. The van der Waals surface area contributed by atoms with Crippen LogP contribution in [0.25, 0.3) is 0 Å². The van der Waals surface area contributed by atoms with Gasteiger partial charge in [0.1, 0.15) is 9.68 Å². The Labute approximate surface area is 75.6 Å². The molecule has 1 heterocycles. The van der Waals surface area contributed by atoms with Crippen LogP contribution < -0.4 is 11.2 Å². The number of halogens is 1. The molecule has 1 N–H and O–H groups in total. The number of nitrogens with zero attached hydrogens (tertiary/aromatic N) is 1. The number of hydrogen-bond donors (Lipinski definition) is 1. The lowest BCUT2D eigenvalue weighted by atomic mass is 10.6. The Balaban J connectivity index is 3.08. The zero-order valence-corrected chi connectivity index (χ0v) is 8.33. The summed E-state index contributed by atoms with van der Waals surface area (Å²) in [5, 5.41) is 0. The molecule has 0 aliphatic heterocycles. The summed E-state index contributed by atoms with van der Waals surface area (Å²) in [6.07, 6.45) is 2.62. The van der Waals surface area contributed by atoms with E-state index in [9.17, 15) is 14.0 Å². The van der Waals surface area contributed by atoms with Gasteiger partial charge in [-0.1, -0.05) is 6.08 Å². The SMILES string of the molecule is C=CC[SiH2]n1cc(F)c(=O)[nH]c1=O. The molecule has 13 heavy (non-hydrogen) atoms. The summed E-state index contributed by atoms with van der Waals surface area (Å²) in [5.41, 5.74) is -1.51. The van der Waals surface area contributed by atoms with Crippen LogP contribution in [0.4, 0.5) is 4.39 Å². The van der Waals surface area contributed by atoms with Crippen molar-refractivity contribution in [2.45, 2.75) is 6.04 Å². The number of rotatable bonds is 3. The van der Waals surface area contributed by atoms with Gasteiger partial charge < -0.3 is 4.23 Å². The van der Waals surface area contributed by atoms with Gasteiger partial charge in [-0.25, -0.2) is 4.79 Å². The third kappa shape index (κ3) is 2.25. The fourth-order valence-electron chi connectivity index (χ4n) is 0.879. The van der Waals surface area contributed by atoms with Crippen LogP contribution in [0.3, 0.4) is 0 Å². The Bertz CT molecular complexity index is 423. The molecule has 0 saturated heterocycles. The molecule has 0 aromatic carbocycles. The molecule has 0 amide bonds. The first-order chi connectivity index (χ1) is 6.15. The molecule has 0 aliphatic rings. The quantitative estimate of drug-likeness (QED) is 0.513. The maximum absolute atomic E-state index is 12.7. The van der Waals surface area contributed by atoms with Gasteiger partial charge in [-0.2, -0.15) is 4.39 Å². The molecule has 0 atom stereocenters. The fraction of sp³-hybridized carbons (Fsp3) is 0.143. The Morgan fingerprint density at radius 1 is 1.69 bits per heavy atom. The van der Waals surface area contributed by atoms with E-state index in [4.69, 9.17) is 0 Å². The summed E-state index contributed by atoms with van der Waals surface area (Å²) in [6, 6.07) is 0.686. The van der Waals surface area contributed by atoms with E-state index >= 15 is 0 Å². The van der Waals surface area contributed by atoms with Crippen molar-refractivity contribution < 1.29 is 4.39 Å². The minimum Gasteiger partial charge on any atom is -0.331 e. The van der Waals surface area contributed by atoms with Crippen molar-refractivity contribution in [2.75, 3.05) is 0 Å². The van der Waals surface area contributed by atoms with Crippen molar-refractivity contribution in [1.29, 1.82) is 0 Å². The molecule has 4 nitrogen and oxygen atoms in total. The Kier molecular flexibility index (Phi) is 2.96. The van der Waals surface area contributed by atoms with E-state index in [1.54, 1.807) is 6.08 Å². The zero-order valence-electron chi connectivity index (χ0n) is 6.92. The summed E-state index contributed by atoms with van der Waals surface area (Å²) >= 11 is 0. The van der Waals surface area contributed by atoms with E-state index in [0.29, 0.717) is 6.04 Å². The average molecular weight is 200 g/mol. The van der Waals surface area contributed by atoms with Crippen molar-refractivity contribution in [2.24, 2.45) is 0 Å². The molecule has 0 unspecified atom stereocenters. The third-order valence-corrected chi connectivity index (χ3v) is 3.16. The van der Waals surface area contributed by atoms with Crippen LogP contribution in [0.1, 0.15) is 0 Å². The summed E-state index contributed by atoms with van der Waals surface area (Å²) in [7, 11) is -0.902. The molecular formula is C7H9FN2O2Si. The lowest BCUT2D eigenvalue weighted by molar-refractivity contribution is 0.592. The van der Waals surface area contributed by atoms with Gasteiger partial charge in [0.2, 0.25) is 5.82 Å². The Morgan fingerprint density at radius 3 is 3.00 bits per heavy atom. The highest BCUT2D eigenvalue weighted by molar-refractivity contribution is 6.34. The van der Waals surface area contributed by atoms with Gasteiger partial charge in [-0.15, -0.1) is 6.58 Å². The average Bonchev–Trinajstić information content (AvgIpc) is 2.09. The highest BCUT2D eigenvalue weighted by Gasteiger charge is 2.01. The lowest BCUT2D eigenvalue weighted by Gasteiger charge is -2.00. The number of aromatic nitrogens is 2. The minimum atomic E-state index is -0.964. The lowest BCUT2D eigenvalue weighted by Crippen LogP contribution is -2.33. The number of allylic oxidation sites excluding steroid dienone is 1. The maximum atomic E-state index is 12.7. The zero-order chi connectivity index (χ0) is 9.84. The molecule has 70 valence electrons. The van der Waals surface area contributed by atoms with Crippen molar-refractivity contribution >= 4 is 9.68 Å². The standard InChI is InChI=1S/C7H9FN2O2Si/c1-2-3-13-10-4-5(8)6(11)9-7(10)12/h2,4H,1,3,13H2,(H,9,11,12). The number of nitrogens with one attached hydrogen (secondary N) is 1. The smallest absolute Gasteiger partial charge is 0.320 e. The fourth-order valence-corrected chi connectivity index (χ4v) is 1.91. The second kappa shape index (κ2) is 3.99. The van der Waals surface area contributed by atoms with Crippen molar-refractivity contribution in [1.82, 2.24) is 9.22 Å². The molecule has 1 aromatic rings. The monoisotopic (exact) mass is 200 g/mol. The van der Waals surface area contributed by atoms with Gasteiger partial charge in [0.15, 0.2) is 0 Å². The Hall–Kier alpha value is -1.43. The number of H-pyrrole nitrogens is 1. The molecule has 6 heteroatoms. The summed E-state index contributed by atoms with van der Waals surface area (Å²) in [6.45, 7) is 3.50. The van der Waals surface area contributed by atoms with E-state index in [0.717, 1.165) is 6.20 Å². The number of hydrogen-bond acceptors (Lipinski definition) is 2. The van der Waals surface area contributed by atoms with Crippen molar-refractivity contribution in [3.63, 3.8) is 0 Å². The summed E-state index contributed by atoms with van der Waals surface area (Å²) < 4.78 is 13.9. The van der Waals surface area contributed by atoms with E-state index in [2.05, 4.69) is 6.58 Å². The van der Waals surface area contributed by atoms with Gasteiger partial charge >= 0.3 is 5.69 Å². The van der Waals surface area contributed by atoms with Gasteiger partial charge in [0.05, 0.1) is 0 Å². The van der Waals surface area contributed by atoms with Crippen molar-refractivity contribution in [3.05, 3.63) is 45.5 Å². The molecule has 0 fully saturated rings. The van der Waals surface area contributed by atoms with Crippen LogP contribution in [0.15, 0.2) is 28.4 Å². The first-order valence-corrected chi connectivity index (χ1v) is 5.38. The van der Waals surface area contributed by atoms with Gasteiger partial charge in [-0.05, 0) is 6.04 Å². The second-order valence-electron chi connectivity index (χ2n) is 2.51. The molecule has 0 saturated carbocycles. The maximum Gasteiger partial charge on any atom is 0.320 e.